The van der Waals surface area contributed by atoms with E-state index in [0.29, 0.717) is 12.2 Å². The number of hydrogen-bond donors (Lipinski definition) is 2. The molecule has 1 saturated carbocycles. The second kappa shape index (κ2) is 9.11. The van der Waals surface area contributed by atoms with E-state index in [9.17, 15) is 9.59 Å². The highest BCUT2D eigenvalue weighted by Crippen LogP contribution is 2.25. The molecule has 1 fully saturated rings. The highest BCUT2D eigenvalue weighted by atomic mass is 16.2. The number of rotatable bonds is 7. The highest BCUT2D eigenvalue weighted by molar-refractivity contribution is 5.92. The number of carbonyl (C=O) groups is 1. The molecule has 1 amide bonds. The minimum absolute atomic E-state index is 0.107. The Hall–Kier alpha value is -3.58. The number of amides is 1. The minimum Gasteiger partial charge on any atom is -0.347 e. The average Bonchev–Trinajstić information content (AvgIpc) is 2.79. The Morgan fingerprint density at radius 2 is 2.03 bits per heavy atom. The Bertz CT molecular complexity index is 1390. The van der Waals surface area contributed by atoms with Crippen LogP contribution in [0.1, 0.15) is 46.4 Å². The molecular formula is C26H27N5O2. The van der Waals surface area contributed by atoms with Gasteiger partial charge in [-0.3, -0.25) is 19.0 Å². The zero-order chi connectivity index (χ0) is 22.8. The number of pyridine rings is 2. The molecule has 0 spiro atoms. The third-order valence-electron chi connectivity index (χ3n) is 6.43. The van der Waals surface area contributed by atoms with Gasteiger partial charge in [0.2, 0.25) is 0 Å². The smallest absolute Gasteiger partial charge is 0.270 e. The molecule has 0 radical (unpaired) electrons. The van der Waals surface area contributed by atoms with Gasteiger partial charge >= 0.3 is 0 Å². The molecule has 0 saturated heterocycles. The van der Waals surface area contributed by atoms with Crippen LogP contribution in [-0.2, 0) is 13.1 Å². The van der Waals surface area contributed by atoms with E-state index in [4.69, 9.17) is 0 Å². The number of aromatic nitrogens is 3. The first-order valence-electron chi connectivity index (χ1n) is 11.4. The molecule has 0 unspecified atom stereocenters. The largest absolute Gasteiger partial charge is 0.347 e. The van der Waals surface area contributed by atoms with Crippen LogP contribution < -0.4 is 16.2 Å². The second-order valence-electron chi connectivity index (χ2n) is 8.83. The van der Waals surface area contributed by atoms with E-state index >= 15 is 0 Å². The van der Waals surface area contributed by atoms with E-state index in [2.05, 4.69) is 45.7 Å². The molecule has 168 valence electrons. The van der Waals surface area contributed by atoms with Gasteiger partial charge in [-0.15, -0.1) is 0 Å². The van der Waals surface area contributed by atoms with Crippen molar-refractivity contribution in [3.05, 3.63) is 87.6 Å². The van der Waals surface area contributed by atoms with Crippen LogP contribution in [0.15, 0.2) is 59.7 Å². The van der Waals surface area contributed by atoms with Gasteiger partial charge in [0.05, 0.1) is 5.52 Å². The van der Waals surface area contributed by atoms with Crippen molar-refractivity contribution in [2.24, 2.45) is 5.92 Å². The van der Waals surface area contributed by atoms with Crippen molar-refractivity contribution in [2.75, 3.05) is 6.54 Å². The third-order valence-corrected chi connectivity index (χ3v) is 6.43. The van der Waals surface area contributed by atoms with Gasteiger partial charge in [-0.2, -0.15) is 0 Å². The SMILES string of the molecule is Cc1cc2ncc(CNC(=O)c3cc(=O)n4ccccc4n3)cc2cc1CNCC1CCC1. The van der Waals surface area contributed by atoms with E-state index in [-0.39, 0.29) is 17.2 Å². The maximum Gasteiger partial charge on any atom is 0.270 e. The minimum atomic E-state index is -0.386. The molecule has 2 N–H and O–H groups in total. The second-order valence-corrected chi connectivity index (χ2v) is 8.83. The number of aryl methyl sites for hydroxylation is 1. The molecule has 33 heavy (non-hydrogen) atoms. The number of nitrogens with one attached hydrogen (secondary N) is 2. The van der Waals surface area contributed by atoms with E-state index in [1.165, 1.54) is 40.9 Å². The van der Waals surface area contributed by atoms with Crippen molar-refractivity contribution in [2.45, 2.75) is 39.3 Å². The lowest BCUT2D eigenvalue weighted by Crippen LogP contribution is -2.27. The van der Waals surface area contributed by atoms with Crippen molar-refractivity contribution in [1.29, 1.82) is 0 Å². The van der Waals surface area contributed by atoms with Crippen LogP contribution in [0.5, 0.6) is 0 Å². The van der Waals surface area contributed by atoms with Crippen LogP contribution in [0.3, 0.4) is 0 Å². The Morgan fingerprint density at radius 3 is 2.85 bits per heavy atom. The standard InChI is InChI=1S/C26H27N5O2/c1-17-9-22-20(11-21(17)16-27-13-18-5-4-6-18)10-19(14-28-22)15-29-26(33)23-12-25(32)31-8-3-2-7-24(31)30-23/h2-3,7-12,14,18,27H,4-6,13,15-16H2,1H3,(H,29,33). The van der Waals surface area contributed by atoms with Crippen LogP contribution >= 0.6 is 0 Å². The van der Waals surface area contributed by atoms with Gasteiger partial charge in [0.1, 0.15) is 11.3 Å². The molecule has 1 aliphatic carbocycles. The molecule has 0 bridgehead atoms. The predicted octanol–water partition coefficient (Wildman–Crippen LogP) is 3.37. The lowest BCUT2D eigenvalue weighted by molar-refractivity contribution is 0.0946. The van der Waals surface area contributed by atoms with Crippen LogP contribution in [0.2, 0.25) is 0 Å². The number of hydrogen-bond acceptors (Lipinski definition) is 5. The summed E-state index contributed by atoms with van der Waals surface area (Å²) >= 11 is 0. The van der Waals surface area contributed by atoms with E-state index < -0.39 is 0 Å². The van der Waals surface area contributed by atoms with Crippen LogP contribution in [0.25, 0.3) is 16.6 Å². The van der Waals surface area contributed by atoms with Gasteiger partial charge in [0.25, 0.3) is 11.5 Å². The summed E-state index contributed by atoms with van der Waals surface area (Å²) in [5, 5.41) is 7.49. The van der Waals surface area contributed by atoms with Gasteiger partial charge in [-0.05, 0) is 79.3 Å². The fourth-order valence-corrected chi connectivity index (χ4v) is 4.21. The summed E-state index contributed by atoms with van der Waals surface area (Å²) < 4.78 is 1.41. The van der Waals surface area contributed by atoms with Crippen molar-refractivity contribution in [3.63, 3.8) is 0 Å². The van der Waals surface area contributed by atoms with Gasteiger partial charge in [0, 0.05) is 36.9 Å². The van der Waals surface area contributed by atoms with Gasteiger partial charge in [-0.1, -0.05) is 12.5 Å². The molecule has 5 rings (SSSR count). The van der Waals surface area contributed by atoms with Gasteiger partial charge in [-0.25, -0.2) is 4.98 Å². The lowest BCUT2D eigenvalue weighted by atomic mass is 9.85. The maximum atomic E-state index is 12.6. The molecule has 0 aliphatic heterocycles. The molecule has 3 heterocycles. The van der Waals surface area contributed by atoms with Gasteiger partial charge in [0.15, 0.2) is 0 Å². The van der Waals surface area contributed by atoms with Crippen molar-refractivity contribution >= 4 is 22.5 Å². The summed E-state index contributed by atoms with van der Waals surface area (Å²) in [6.07, 6.45) is 7.45. The number of carbonyl (C=O) groups excluding carboxylic acids is 1. The first kappa shape index (κ1) is 21.3. The summed E-state index contributed by atoms with van der Waals surface area (Å²) in [5.74, 6) is 0.444. The fourth-order valence-electron chi connectivity index (χ4n) is 4.21. The topological polar surface area (TPSA) is 88.4 Å². The third kappa shape index (κ3) is 4.64. The van der Waals surface area contributed by atoms with Crippen LogP contribution in [-0.4, -0.2) is 26.8 Å². The monoisotopic (exact) mass is 441 g/mol. The van der Waals surface area contributed by atoms with E-state index in [1.54, 1.807) is 30.6 Å². The zero-order valence-corrected chi connectivity index (χ0v) is 18.7. The summed E-state index contributed by atoms with van der Waals surface area (Å²) in [5.41, 5.74) is 4.59. The Kier molecular flexibility index (Phi) is 5.88. The van der Waals surface area contributed by atoms with Crippen LogP contribution in [0, 0.1) is 12.8 Å². The molecular weight excluding hydrogens is 414 g/mol. The Labute approximate surface area is 191 Å². The van der Waals surface area contributed by atoms with E-state index in [0.717, 1.165) is 35.5 Å². The molecule has 4 aromatic rings. The average molecular weight is 442 g/mol. The lowest BCUT2D eigenvalue weighted by Gasteiger charge is -2.25. The molecule has 1 aromatic carbocycles. The van der Waals surface area contributed by atoms with Crippen molar-refractivity contribution < 1.29 is 4.79 Å². The Morgan fingerprint density at radius 1 is 1.15 bits per heavy atom. The Balaban J connectivity index is 1.28. The number of benzene rings is 1. The van der Waals surface area contributed by atoms with Crippen LogP contribution in [0.4, 0.5) is 0 Å². The first-order chi connectivity index (χ1) is 16.1. The summed E-state index contributed by atoms with van der Waals surface area (Å²) in [7, 11) is 0. The van der Waals surface area contributed by atoms with Crippen molar-refractivity contribution in [1.82, 2.24) is 25.0 Å². The number of fused-ring (bicyclic) bond motifs is 2. The maximum absolute atomic E-state index is 12.6. The molecule has 7 heteroatoms. The molecule has 1 aliphatic rings. The number of nitrogens with zero attached hydrogens (tertiary/aromatic N) is 3. The highest BCUT2D eigenvalue weighted by Gasteiger charge is 2.16. The normalized spacial score (nSPS) is 13.8. The molecule has 7 nitrogen and oxygen atoms in total. The summed E-state index contributed by atoms with van der Waals surface area (Å²) in [6, 6.07) is 12.8. The quantitative estimate of drug-likeness (QED) is 0.459. The molecule has 0 atom stereocenters. The van der Waals surface area contributed by atoms with E-state index in [1.807, 2.05) is 0 Å². The summed E-state index contributed by atoms with van der Waals surface area (Å²) in [6.45, 7) is 4.35. The van der Waals surface area contributed by atoms with Crippen molar-refractivity contribution in [3.8, 4) is 0 Å². The first-order valence-corrected chi connectivity index (χ1v) is 11.4. The predicted molar refractivity (Wildman–Crippen MR) is 128 cm³/mol. The zero-order valence-electron chi connectivity index (χ0n) is 18.7. The van der Waals surface area contributed by atoms with Gasteiger partial charge < -0.3 is 10.6 Å². The summed E-state index contributed by atoms with van der Waals surface area (Å²) in [4.78, 5) is 33.8. The fraction of sp³-hybridized carbons (Fsp3) is 0.308. The molecule has 3 aromatic heterocycles.